The molecule has 1 fully saturated rings. The number of rotatable bonds is 7. The van der Waals surface area contributed by atoms with Gasteiger partial charge in [0.15, 0.2) is 0 Å². The molecule has 1 saturated heterocycles. The highest BCUT2D eigenvalue weighted by molar-refractivity contribution is 6.30. The van der Waals surface area contributed by atoms with Crippen molar-refractivity contribution < 1.29 is 9.53 Å². The van der Waals surface area contributed by atoms with Crippen molar-refractivity contribution in [3.63, 3.8) is 0 Å². The number of ether oxygens (including phenoxy) is 1. The predicted molar refractivity (Wildman–Crippen MR) is 84.8 cm³/mol. The number of nitrogens with one attached hydrogen (secondary N) is 1. The average Bonchev–Trinajstić information content (AvgIpc) is 2.96. The third-order valence-electron chi connectivity index (χ3n) is 3.75. The zero-order valence-corrected chi connectivity index (χ0v) is 13.2. The number of carbonyl (C=O) groups is 1. The van der Waals surface area contributed by atoms with Crippen molar-refractivity contribution in [1.82, 2.24) is 10.2 Å². The van der Waals surface area contributed by atoms with Crippen molar-refractivity contribution in [3.05, 3.63) is 29.3 Å². The molecule has 1 aromatic carbocycles. The Balaban J connectivity index is 1.62. The largest absolute Gasteiger partial charge is 0.493 e. The van der Waals surface area contributed by atoms with Crippen LogP contribution in [0.25, 0.3) is 0 Å². The van der Waals surface area contributed by atoms with E-state index in [-0.39, 0.29) is 5.91 Å². The number of hydrogen-bond donors (Lipinski definition) is 1. The van der Waals surface area contributed by atoms with Gasteiger partial charge >= 0.3 is 0 Å². The first-order valence-corrected chi connectivity index (χ1v) is 7.86. The van der Waals surface area contributed by atoms with Crippen molar-refractivity contribution in [2.75, 3.05) is 33.3 Å². The van der Waals surface area contributed by atoms with E-state index in [1.807, 2.05) is 25.2 Å². The number of carbonyl (C=O) groups excluding carboxylic acids is 1. The van der Waals surface area contributed by atoms with Gasteiger partial charge in [-0.2, -0.15) is 0 Å². The Labute approximate surface area is 131 Å². The zero-order valence-electron chi connectivity index (χ0n) is 12.5. The molecule has 0 spiro atoms. The first kappa shape index (κ1) is 16.1. The summed E-state index contributed by atoms with van der Waals surface area (Å²) in [5.74, 6) is 1.50. The first-order chi connectivity index (χ1) is 10.1. The van der Waals surface area contributed by atoms with Crippen LogP contribution in [-0.2, 0) is 4.79 Å². The number of benzene rings is 1. The van der Waals surface area contributed by atoms with Crippen LogP contribution in [0.1, 0.15) is 19.3 Å². The van der Waals surface area contributed by atoms with Crippen molar-refractivity contribution in [2.45, 2.75) is 19.3 Å². The standard InChI is InChI=1S/C16H23ClN2O2/c1-19(16(20)10-13-6-7-18-12-13)8-3-9-21-15-5-2-4-14(17)11-15/h2,4-5,11,13,18H,3,6-10,12H2,1H3/t13-/m0/s1. The Hall–Kier alpha value is -1.26. The summed E-state index contributed by atoms with van der Waals surface area (Å²) in [7, 11) is 1.87. The first-order valence-electron chi connectivity index (χ1n) is 7.48. The molecule has 0 radical (unpaired) electrons. The van der Waals surface area contributed by atoms with Crippen LogP contribution in [-0.4, -0.2) is 44.1 Å². The number of nitrogens with zero attached hydrogens (tertiary/aromatic N) is 1. The van der Waals surface area contributed by atoms with E-state index in [4.69, 9.17) is 16.3 Å². The topological polar surface area (TPSA) is 41.6 Å². The lowest BCUT2D eigenvalue weighted by atomic mass is 10.0. The highest BCUT2D eigenvalue weighted by atomic mass is 35.5. The van der Waals surface area contributed by atoms with Gasteiger partial charge in [0.05, 0.1) is 6.61 Å². The molecule has 0 unspecified atom stereocenters. The molecule has 1 aliphatic heterocycles. The molecule has 2 rings (SSSR count). The second-order valence-corrected chi connectivity index (χ2v) is 5.97. The fourth-order valence-corrected chi connectivity index (χ4v) is 2.64. The third-order valence-corrected chi connectivity index (χ3v) is 3.99. The second kappa shape index (κ2) is 8.25. The number of halogens is 1. The van der Waals surface area contributed by atoms with Crippen LogP contribution in [0.4, 0.5) is 0 Å². The minimum atomic E-state index is 0.228. The van der Waals surface area contributed by atoms with Crippen LogP contribution >= 0.6 is 11.6 Å². The SMILES string of the molecule is CN(CCCOc1cccc(Cl)c1)C(=O)C[C@@H]1CCNC1. The minimum absolute atomic E-state index is 0.228. The maximum atomic E-state index is 12.0. The molecule has 1 aromatic rings. The number of amides is 1. The molecule has 0 aliphatic carbocycles. The lowest BCUT2D eigenvalue weighted by molar-refractivity contribution is -0.130. The lowest BCUT2D eigenvalue weighted by Crippen LogP contribution is -2.30. The maximum absolute atomic E-state index is 12.0. The molecule has 4 nitrogen and oxygen atoms in total. The van der Waals surface area contributed by atoms with E-state index in [0.29, 0.717) is 24.0 Å². The van der Waals surface area contributed by atoms with Crippen LogP contribution in [0, 0.1) is 5.92 Å². The molecule has 5 heteroatoms. The highest BCUT2D eigenvalue weighted by Gasteiger charge is 2.19. The van der Waals surface area contributed by atoms with Gasteiger partial charge in [0.1, 0.15) is 5.75 Å². The summed E-state index contributed by atoms with van der Waals surface area (Å²) in [6.45, 7) is 3.31. The van der Waals surface area contributed by atoms with Gasteiger partial charge in [-0.3, -0.25) is 4.79 Å². The van der Waals surface area contributed by atoms with Gasteiger partial charge in [-0.1, -0.05) is 17.7 Å². The fourth-order valence-electron chi connectivity index (χ4n) is 2.46. The molecule has 0 saturated carbocycles. The molecule has 0 aromatic heterocycles. The number of hydrogen-bond acceptors (Lipinski definition) is 3. The molecule has 21 heavy (non-hydrogen) atoms. The molecule has 1 atom stereocenters. The lowest BCUT2D eigenvalue weighted by Gasteiger charge is -2.19. The molecule has 1 N–H and O–H groups in total. The molecule has 1 amide bonds. The van der Waals surface area contributed by atoms with Crippen LogP contribution in [0.2, 0.25) is 5.02 Å². The Bertz CT molecular complexity index is 461. The van der Waals surface area contributed by atoms with Gasteiger partial charge in [0, 0.05) is 25.0 Å². The zero-order chi connectivity index (χ0) is 15.1. The Morgan fingerprint density at radius 1 is 1.52 bits per heavy atom. The third kappa shape index (κ3) is 5.56. The highest BCUT2D eigenvalue weighted by Crippen LogP contribution is 2.17. The summed E-state index contributed by atoms with van der Waals surface area (Å²) in [6, 6.07) is 7.36. The van der Waals surface area contributed by atoms with Gasteiger partial charge in [0.2, 0.25) is 5.91 Å². The van der Waals surface area contributed by atoms with Crippen LogP contribution < -0.4 is 10.1 Å². The van der Waals surface area contributed by atoms with E-state index in [1.165, 1.54) is 0 Å². The summed E-state index contributed by atoms with van der Waals surface area (Å²) in [5.41, 5.74) is 0. The molecule has 0 bridgehead atoms. The van der Waals surface area contributed by atoms with Crippen LogP contribution in [0.15, 0.2) is 24.3 Å². The quantitative estimate of drug-likeness (QED) is 0.787. The Morgan fingerprint density at radius 2 is 2.38 bits per heavy atom. The summed E-state index contributed by atoms with van der Waals surface area (Å²) in [5, 5.41) is 3.96. The van der Waals surface area contributed by atoms with Crippen molar-refractivity contribution >= 4 is 17.5 Å². The van der Waals surface area contributed by atoms with Gasteiger partial charge in [-0.25, -0.2) is 0 Å². The fraction of sp³-hybridized carbons (Fsp3) is 0.562. The summed E-state index contributed by atoms with van der Waals surface area (Å²) in [4.78, 5) is 13.9. The summed E-state index contributed by atoms with van der Waals surface area (Å²) < 4.78 is 5.62. The summed E-state index contributed by atoms with van der Waals surface area (Å²) in [6.07, 6.45) is 2.58. The van der Waals surface area contributed by atoms with Gasteiger partial charge in [-0.05, 0) is 50.0 Å². The van der Waals surface area contributed by atoms with Crippen molar-refractivity contribution in [3.8, 4) is 5.75 Å². The Morgan fingerprint density at radius 3 is 3.10 bits per heavy atom. The van der Waals surface area contributed by atoms with Crippen LogP contribution in [0.5, 0.6) is 5.75 Å². The minimum Gasteiger partial charge on any atom is -0.493 e. The average molecular weight is 311 g/mol. The monoisotopic (exact) mass is 310 g/mol. The summed E-state index contributed by atoms with van der Waals surface area (Å²) >= 11 is 5.89. The normalized spacial score (nSPS) is 17.7. The van der Waals surface area contributed by atoms with Gasteiger partial charge in [0.25, 0.3) is 0 Å². The molecule has 1 heterocycles. The van der Waals surface area contributed by atoms with E-state index < -0.39 is 0 Å². The van der Waals surface area contributed by atoms with Gasteiger partial charge in [-0.15, -0.1) is 0 Å². The molecule has 1 aliphatic rings. The molecular weight excluding hydrogens is 288 g/mol. The maximum Gasteiger partial charge on any atom is 0.222 e. The van der Waals surface area contributed by atoms with Crippen LogP contribution in [0.3, 0.4) is 0 Å². The molecular formula is C16H23ClN2O2. The smallest absolute Gasteiger partial charge is 0.222 e. The van der Waals surface area contributed by atoms with E-state index in [1.54, 1.807) is 11.0 Å². The van der Waals surface area contributed by atoms with E-state index in [9.17, 15) is 4.79 Å². The second-order valence-electron chi connectivity index (χ2n) is 5.54. The van der Waals surface area contributed by atoms with E-state index in [0.717, 1.165) is 38.2 Å². The van der Waals surface area contributed by atoms with Crippen molar-refractivity contribution in [1.29, 1.82) is 0 Å². The molecule has 116 valence electrons. The van der Waals surface area contributed by atoms with Gasteiger partial charge < -0.3 is 15.0 Å². The predicted octanol–water partition coefficient (Wildman–Crippen LogP) is 2.57. The Kier molecular flexibility index (Phi) is 6.33. The van der Waals surface area contributed by atoms with E-state index in [2.05, 4.69) is 5.32 Å². The van der Waals surface area contributed by atoms with E-state index >= 15 is 0 Å². The van der Waals surface area contributed by atoms with Crippen molar-refractivity contribution in [2.24, 2.45) is 5.92 Å².